The Kier molecular flexibility index (Phi) is 4.32. The molecule has 2 unspecified atom stereocenters. The van der Waals surface area contributed by atoms with Gasteiger partial charge in [-0.2, -0.15) is 5.10 Å². The van der Waals surface area contributed by atoms with E-state index in [0.29, 0.717) is 17.0 Å². The summed E-state index contributed by atoms with van der Waals surface area (Å²) in [6.45, 7) is 2.75. The Morgan fingerprint density at radius 1 is 1.50 bits per heavy atom. The molecular formula is C19H18F2N2O3. The largest absolute Gasteiger partial charge is 0.488 e. The molecule has 26 heavy (non-hydrogen) atoms. The van der Waals surface area contributed by atoms with Crippen molar-refractivity contribution < 1.29 is 23.4 Å². The molecule has 0 saturated heterocycles. The van der Waals surface area contributed by atoms with Crippen LogP contribution in [0.4, 0.5) is 8.78 Å². The number of ether oxygens (including phenoxy) is 1. The molecule has 0 spiro atoms. The topological polar surface area (TPSA) is 64.4 Å². The smallest absolute Gasteiger partial charge is 0.183 e. The molecule has 1 aromatic heterocycles. The molecule has 5 nitrogen and oxygen atoms in total. The van der Waals surface area contributed by atoms with Crippen molar-refractivity contribution in [2.45, 2.75) is 32.0 Å². The van der Waals surface area contributed by atoms with E-state index in [9.17, 15) is 14.3 Å². The first-order valence-corrected chi connectivity index (χ1v) is 8.02. The Balaban J connectivity index is 2.15. The van der Waals surface area contributed by atoms with Crippen molar-refractivity contribution in [3.63, 3.8) is 0 Å². The fraction of sp³-hybridized carbons (Fsp3) is 0.368. The van der Waals surface area contributed by atoms with E-state index in [1.54, 1.807) is 18.2 Å². The molecule has 2 atom stereocenters. The molecule has 1 N–H and O–H groups in total. The lowest BCUT2D eigenvalue weighted by molar-refractivity contribution is 0.0905. The van der Waals surface area contributed by atoms with Gasteiger partial charge in [-0.25, -0.2) is 13.5 Å². The first kappa shape index (κ1) is 18.1. The van der Waals surface area contributed by atoms with E-state index in [4.69, 9.17) is 4.74 Å². The van der Waals surface area contributed by atoms with Crippen LogP contribution < -0.4 is 4.74 Å². The number of Topliss-reactive ketones (excluding diaryl/α,β-unsaturated/α-hetero) is 1. The monoisotopic (exact) mass is 360 g/mol. The SMILES string of the molecule is CC(=O)c1cc2n(n1)-c1cc(C#CC(C)(O)CF)ccc1OCC2(C)F. The third-order valence-corrected chi connectivity index (χ3v) is 4.03. The van der Waals surface area contributed by atoms with E-state index < -0.39 is 17.9 Å². The van der Waals surface area contributed by atoms with Crippen LogP contribution in [0.3, 0.4) is 0 Å². The normalized spacial score (nSPS) is 20.5. The zero-order valence-electron chi connectivity index (χ0n) is 14.6. The van der Waals surface area contributed by atoms with Crippen molar-refractivity contribution in [3.8, 4) is 23.3 Å². The van der Waals surface area contributed by atoms with Crippen LogP contribution in [-0.2, 0) is 5.67 Å². The van der Waals surface area contributed by atoms with E-state index >= 15 is 4.39 Å². The Hall–Kier alpha value is -2.72. The number of hydrogen-bond acceptors (Lipinski definition) is 4. The van der Waals surface area contributed by atoms with E-state index in [0.717, 1.165) is 0 Å². The van der Waals surface area contributed by atoms with Gasteiger partial charge in [0.15, 0.2) is 17.1 Å². The maximum atomic E-state index is 15.0. The molecular weight excluding hydrogens is 342 g/mol. The third kappa shape index (κ3) is 3.33. The summed E-state index contributed by atoms with van der Waals surface area (Å²) >= 11 is 0. The second-order valence-electron chi connectivity index (χ2n) is 6.71. The number of carbonyl (C=O) groups excluding carboxylic acids is 1. The molecule has 0 saturated carbocycles. The minimum atomic E-state index is -1.84. The number of benzene rings is 1. The highest BCUT2D eigenvalue weighted by molar-refractivity contribution is 5.92. The van der Waals surface area contributed by atoms with Crippen molar-refractivity contribution in [2.24, 2.45) is 0 Å². The van der Waals surface area contributed by atoms with Gasteiger partial charge in [0.05, 0.1) is 5.69 Å². The van der Waals surface area contributed by atoms with Crippen molar-refractivity contribution >= 4 is 5.78 Å². The predicted molar refractivity (Wildman–Crippen MR) is 91.0 cm³/mol. The van der Waals surface area contributed by atoms with Gasteiger partial charge in [0.1, 0.15) is 30.4 Å². The van der Waals surface area contributed by atoms with Crippen LogP contribution in [0.25, 0.3) is 5.69 Å². The van der Waals surface area contributed by atoms with Gasteiger partial charge in [0.25, 0.3) is 0 Å². The van der Waals surface area contributed by atoms with E-state index in [-0.39, 0.29) is 23.8 Å². The Morgan fingerprint density at radius 3 is 2.88 bits per heavy atom. The van der Waals surface area contributed by atoms with E-state index in [1.807, 2.05) is 0 Å². The van der Waals surface area contributed by atoms with Crippen molar-refractivity contribution in [1.82, 2.24) is 9.78 Å². The number of aliphatic hydroxyl groups is 1. The molecule has 0 bridgehead atoms. The predicted octanol–water partition coefficient (Wildman–Crippen LogP) is 2.72. The van der Waals surface area contributed by atoms with Crippen LogP contribution in [0.1, 0.15) is 42.5 Å². The average Bonchev–Trinajstić information content (AvgIpc) is 3.01. The van der Waals surface area contributed by atoms with Crippen molar-refractivity contribution in [1.29, 1.82) is 0 Å². The summed E-state index contributed by atoms with van der Waals surface area (Å²) < 4.78 is 34.6. The molecule has 0 radical (unpaired) electrons. The highest BCUT2D eigenvalue weighted by Gasteiger charge is 2.36. The van der Waals surface area contributed by atoms with Crippen molar-refractivity contribution in [3.05, 3.63) is 41.2 Å². The molecule has 3 rings (SSSR count). The molecule has 1 aliphatic heterocycles. The van der Waals surface area contributed by atoms with Gasteiger partial charge < -0.3 is 9.84 Å². The molecule has 1 aromatic carbocycles. The first-order chi connectivity index (χ1) is 12.1. The number of halogens is 2. The van der Waals surface area contributed by atoms with Gasteiger partial charge in [0.2, 0.25) is 0 Å². The van der Waals surface area contributed by atoms with Crippen LogP contribution >= 0.6 is 0 Å². The fourth-order valence-electron chi connectivity index (χ4n) is 2.52. The molecule has 2 heterocycles. The van der Waals surface area contributed by atoms with Gasteiger partial charge >= 0.3 is 0 Å². The summed E-state index contributed by atoms with van der Waals surface area (Å²) in [6, 6.07) is 6.23. The number of alkyl halides is 2. The second-order valence-corrected chi connectivity index (χ2v) is 6.71. The lowest BCUT2D eigenvalue weighted by Crippen LogP contribution is -2.25. The fourth-order valence-corrected chi connectivity index (χ4v) is 2.52. The van der Waals surface area contributed by atoms with Gasteiger partial charge in [-0.15, -0.1) is 0 Å². The van der Waals surface area contributed by atoms with Gasteiger partial charge in [-0.1, -0.05) is 11.8 Å². The second kappa shape index (κ2) is 6.22. The van der Waals surface area contributed by atoms with E-state index in [1.165, 1.54) is 31.5 Å². The molecule has 0 amide bonds. The van der Waals surface area contributed by atoms with Crippen LogP contribution in [0.15, 0.2) is 24.3 Å². The number of hydrogen-bond donors (Lipinski definition) is 1. The van der Waals surface area contributed by atoms with E-state index in [2.05, 4.69) is 16.9 Å². The zero-order valence-corrected chi connectivity index (χ0v) is 14.6. The quantitative estimate of drug-likeness (QED) is 0.661. The van der Waals surface area contributed by atoms with Gasteiger partial charge in [-0.05, 0) is 38.1 Å². The number of fused-ring (bicyclic) bond motifs is 3. The maximum absolute atomic E-state index is 15.0. The molecule has 1 aliphatic rings. The molecule has 7 heteroatoms. The van der Waals surface area contributed by atoms with Crippen LogP contribution in [0.2, 0.25) is 0 Å². The van der Waals surface area contributed by atoms with Crippen LogP contribution in [0.5, 0.6) is 5.75 Å². The number of nitrogens with zero attached hydrogens (tertiary/aromatic N) is 2. The zero-order chi connectivity index (χ0) is 19.1. The van der Waals surface area contributed by atoms with Crippen LogP contribution in [0, 0.1) is 11.8 Å². The number of rotatable bonds is 2. The lowest BCUT2D eigenvalue weighted by Gasteiger charge is -2.17. The number of carbonyl (C=O) groups is 1. The third-order valence-electron chi connectivity index (χ3n) is 4.03. The molecule has 0 aliphatic carbocycles. The van der Waals surface area contributed by atoms with Crippen molar-refractivity contribution in [2.75, 3.05) is 13.3 Å². The summed E-state index contributed by atoms with van der Waals surface area (Å²) in [4.78, 5) is 11.7. The Labute approximate surface area is 149 Å². The average molecular weight is 360 g/mol. The van der Waals surface area contributed by atoms with Gasteiger partial charge in [-0.3, -0.25) is 4.79 Å². The Bertz CT molecular complexity index is 936. The minimum Gasteiger partial charge on any atom is -0.488 e. The van der Waals surface area contributed by atoms with Crippen LogP contribution in [-0.4, -0.2) is 39.6 Å². The number of aromatic nitrogens is 2. The lowest BCUT2D eigenvalue weighted by atomic mass is 10.1. The highest BCUT2D eigenvalue weighted by Crippen LogP contribution is 2.36. The summed E-state index contributed by atoms with van der Waals surface area (Å²) in [5.41, 5.74) is -2.37. The standard InChI is InChI=1S/C19H18F2N2O3/c1-12(24)14-9-17-19(3,21)11-26-16-5-4-13(6-7-18(2,25)10-20)8-15(16)23(17)22-14/h4-5,8-9,25H,10-11H2,1-3H3. The summed E-state index contributed by atoms with van der Waals surface area (Å²) in [6.07, 6.45) is 0. The summed E-state index contributed by atoms with van der Waals surface area (Å²) in [5, 5.41) is 13.9. The Morgan fingerprint density at radius 2 is 2.23 bits per heavy atom. The summed E-state index contributed by atoms with van der Waals surface area (Å²) in [5.74, 6) is 5.24. The molecule has 136 valence electrons. The first-order valence-electron chi connectivity index (χ1n) is 8.02. The summed E-state index contributed by atoms with van der Waals surface area (Å²) in [7, 11) is 0. The molecule has 0 fully saturated rings. The number of ketones is 1. The van der Waals surface area contributed by atoms with Gasteiger partial charge in [0, 0.05) is 12.5 Å². The maximum Gasteiger partial charge on any atom is 0.183 e. The minimum absolute atomic E-state index is 0.147. The highest BCUT2D eigenvalue weighted by atomic mass is 19.1. The molecule has 2 aromatic rings.